The number of furan rings is 2. The second-order valence-corrected chi connectivity index (χ2v) is 27.2. The summed E-state index contributed by atoms with van der Waals surface area (Å²) in [5, 5.41) is 8.25. The molecule has 2 N–H and O–H groups in total. The molecule has 12 aromatic rings. The van der Waals surface area contributed by atoms with E-state index in [4.69, 9.17) is 18.8 Å². The predicted octanol–water partition coefficient (Wildman–Crippen LogP) is 13.2. The summed E-state index contributed by atoms with van der Waals surface area (Å²) >= 11 is 1.44. The third-order valence-corrected chi connectivity index (χ3v) is 20.2. The van der Waals surface area contributed by atoms with Gasteiger partial charge in [-0.15, -0.1) is 11.3 Å². The smallest absolute Gasteiger partial charge is 0.255 e. The Morgan fingerprint density at radius 3 is 1.85 bits per heavy atom. The lowest BCUT2D eigenvalue weighted by Gasteiger charge is -2.27. The number of amides is 2. The van der Waals surface area contributed by atoms with Gasteiger partial charge in [-0.1, -0.05) is 25.1 Å². The maximum absolute atomic E-state index is 14.9. The zero-order valence-electron chi connectivity index (χ0n) is 49.3. The van der Waals surface area contributed by atoms with Crippen LogP contribution in [0.5, 0.6) is 0 Å². The minimum Gasteiger partial charge on any atom is -0.455 e. The molecular formula is C66H56F3N9O8S3. The number of anilines is 2. The molecule has 9 heterocycles. The highest BCUT2D eigenvalue weighted by molar-refractivity contribution is 7.92. The van der Waals surface area contributed by atoms with Crippen molar-refractivity contribution in [1.82, 2.24) is 34.7 Å². The van der Waals surface area contributed by atoms with E-state index in [1.807, 2.05) is 49.4 Å². The molecule has 2 aliphatic heterocycles. The highest BCUT2D eigenvalue weighted by atomic mass is 32.2. The van der Waals surface area contributed by atoms with Gasteiger partial charge in [0.1, 0.15) is 34.4 Å². The SMILES string of the molecule is CCc1ncc(-c2oc3cc(N(C)S(C)(=O)=O)c(-c4ccc5c(n4)-c4cc6c(F)cccc6n4CC5)cc3c2C(=O)NC)s1.CNC(=O)c1c(-c2ccc(F)cc2)oc2cc(N(C)S(C)(=O)=O)c(-c3cc4c(cn3)CC(C)n3c-4cc4c(F)cccc43)cc12. The summed E-state index contributed by atoms with van der Waals surface area (Å²) in [6.07, 6.45) is 7.81. The number of hydrogen-bond donors (Lipinski definition) is 2. The lowest BCUT2D eigenvalue weighted by molar-refractivity contribution is 0.0956. The number of rotatable bonds is 11. The standard InChI is InChI=1S/C34H28F2N4O4S.C32H28FN5O4S2/c1-18-12-20-17-38-27(14-22(20)30-15-23-26(36)6-5-7-28(23)40(18)30)24-13-25-31(16-29(24)39(3)45(4,42)43)44-33(32(25)34(41)37-2)19-8-10-21(35)11-9-19;1-5-28-35-16-27(43-28)31-29(32(39)34-2)20-13-19(24(15-26(20)42-31)37(3)44(4,40)41)22-10-9-17-11-12-38-23-8-6-7-21(33)18(23)14-25(38)30(17)36-22/h5-11,13-18H,12H2,1-4H3,(H,37,41);6-10,13-16H,5,11-12H2,1-4H3,(H,34,39). The van der Waals surface area contributed by atoms with Crippen LogP contribution in [0, 0.1) is 17.5 Å². The summed E-state index contributed by atoms with van der Waals surface area (Å²) in [5.41, 5.74) is 11.0. The molecule has 0 saturated heterocycles. The molecule has 0 bridgehead atoms. The maximum Gasteiger partial charge on any atom is 0.255 e. The number of hydrogen-bond acceptors (Lipinski definition) is 12. The highest BCUT2D eigenvalue weighted by Crippen LogP contribution is 2.47. The normalized spacial score (nSPS) is 13.6. The van der Waals surface area contributed by atoms with Crippen molar-refractivity contribution in [2.24, 2.45) is 0 Å². The van der Waals surface area contributed by atoms with Crippen LogP contribution >= 0.6 is 11.3 Å². The van der Waals surface area contributed by atoms with E-state index in [9.17, 15) is 39.6 Å². The fourth-order valence-corrected chi connectivity index (χ4v) is 14.0. The summed E-state index contributed by atoms with van der Waals surface area (Å²) in [5.74, 6) is -1.23. The number of aryl methyl sites for hydroxylation is 3. The van der Waals surface area contributed by atoms with Gasteiger partial charge in [-0.05, 0) is 122 Å². The van der Waals surface area contributed by atoms with Crippen molar-refractivity contribution in [1.29, 1.82) is 0 Å². The van der Waals surface area contributed by atoms with Gasteiger partial charge in [0.25, 0.3) is 11.8 Å². The minimum absolute atomic E-state index is 0.0636. The van der Waals surface area contributed by atoms with Gasteiger partial charge in [0.15, 0.2) is 5.76 Å². The minimum atomic E-state index is -3.73. The average Bonchev–Trinajstić information content (AvgIpc) is 1.70. The molecule has 0 fully saturated rings. The monoisotopic (exact) mass is 1260 g/mol. The molecular weight excluding hydrogens is 1200 g/mol. The number of sulfonamides is 2. The number of carbonyl (C=O) groups is 2. The zero-order valence-corrected chi connectivity index (χ0v) is 51.7. The molecule has 2 aliphatic rings. The maximum atomic E-state index is 14.9. The van der Waals surface area contributed by atoms with E-state index in [0.717, 1.165) is 67.4 Å². The van der Waals surface area contributed by atoms with Crippen LogP contribution in [0.3, 0.4) is 0 Å². The largest absolute Gasteiger partial charge is 0.455 e. The van der Waals surface area contributed by atoms with Crippen LogP contribution in [0.25, 0.3) is 111 Å². The summed E-state index contributed by atoms with van der Waals surface area (Å²) in [6, 6.07) is 31.7. The van der Waals surface area contributed by atoms with Gasteiger partial charge in [0.2, 0.25) is 20.0 Å². The Balaban J connectivity index is 0.000000164. The van der Waals surface area contributed by atoms with Crippen molar-refractivity contribution in [2.75, 3.05) is 49.3 Å². The third-order valence-electron chi connectivity index (χ3n) is 16.7. The van der Waals surface area contributed by atoms with E-state index in [1.54, 1.807) is 55.8 Å². The zero-order chi connectivity index (χ0) is 62.7. The van der Waals surface area contributed by atoms with Gasteiger partial charge in [-0.2, -0.15) is 0 Å². The highest BCUT2D eigenvalue weighted by Gasteiger charge is 2.32. The topological polar surface area (TPSA) is 208 Å². The number of benzene rings is 5. The lowest BCUT2D eigenvalue weighted by Crippen LogP contribution is -2.25. The van der Waals surface area contributed by atoms with Crippen LogP contribution in [-0.2, 0) is 45.9 Å². The molecule has 89 heavy (non-hydrogen) atoms. The van der Waals surface area contributed by atoms with Gasteiger partial charge in [0.05, 0.1) is 78.7 Å². The Labute approximate surface area is 513 Å². The van der Waals surface area contributed by atoms with Crippen LogP contribution in [0.1, 0.15) is 56.7 Å². The van der Waals surface area contributed by atoms with Crippen molar-refractivity contribution >= 4 is 98.3 Å². The van der Waals surface area contributed by atoms with Crippen LogP contribution in [-0.4, -0.2) is 93.4 Å². The predicted molar refractivity (Wildman–Crippen MR) is 342 cm³/mol. The van der Waals surface area contributed by atoms with Crippen LogP contribution in [0.4, 0.5) is 24.5 Å². The molecule has 452 valence electrons. The average molecular weight is 1260 g/mol. The first kappa shape index (κ1) is 58.4. The number of nitrogens with one attached hydrogen (secondary N) is 2. The summed E-state index contributed by atoms with van der Waals surface area (Å²) < 4.78 is 114. The molecule has 2 amide bonds. The lowest BCUT2D eigenvalue weighted by atomic mass is 9.94. The quantitative estimate of drug-likeness (QED) is 0.124. The number of fused-ring (bicyclic) bond motifs is 12. The van der Waals surface area contributed by atoms with E-state index in [0.29, 0.717) is 102 Å². The second-order valence-electron chi connectivity index (χ2n) is 22.1. The summed E-state index contributed by atoms with van der Waals surface area (Å²) in [7, 11) is -1.47. The van der Waals surface area contributed by atoms with Gasteiger partial charge < -0.3 is 28.6 Å². The van der Waals surface area contributed by atoms with E-state index in [2.05, 4.69) is 31.7 Å². The van der Waals surface area contributed by atoms with Crippen molar-refractivity contribution in [3.8, 4) is 67.1 Å². The molecule has 5 aromatic carbocycles. The van der Waals surface area contributed by atoms with Crippen molar-refractivity contribution in [3.63, 3.8) is 0 Å². The first-order valence-electron chi connectivity index (χ1n) is 28.4. The Morgan fingerprint density at radius 1 is 0.663 bits per heavy atom. The Kier molecular flexibility index (Phi) is 14.4. The first-order chi connectivity index (χ1) is 42.5. The van der Waals surface area contributed by atoms with Gasteiger partial charge >= 0.3 is 0 Å². The Bertz CT molecular complexity index is 5180. The Hall–Kier alpha value is -9.58. The molecule has 17 nitrogen and oxygen atoms in total. The fourth-order valence-electron chi connectivity index (χ4n) is 12.1. The number of nitrogens with zero attached hydrogens (tertiary/aromatic N) is 7. The molecule has 7 aromatic heterocycles. The van der Waals surface area contributed by atoms with Crippen LogP contribution in [0.2, 0.25) is 0 Å². The number of pyridine rings is 2. The molecule has 14 rings (SSSR count). The number of aromatic nitrogens is 5. The van der Waals surface area contributed by atoms with E-state index in [1.165, 1.54) is 73.2 Å². The fraction of sp³-hybridized carbons (Fsp3) is 0.197. The molecule has 0 spiro atoms. The van der Waals surface area contributed by atoms with Crippen molar-refractivity contribution < 1.29 is 48.4 Å². The number of thiazole rings is 1. The van der Waals surface area contributed by atoms with Crippen LogP contribution < -0.4 is 19.2 Å². The van der Waals surface area contributed by atoms with Gasteiger partial charge in [-0.25, -0.2) is 40.0 Å². The van der Waals surface area contributed by atoms with Crippen molar-refractivity contribution in [3.05, 3.63) is 172 Å². The molecule has 0 aliphatic carbocycles. The molecule has 1 unspecified atom stereocenters. The van der Waals surface area contributed by atoms with Crippen LogP contribution in [0.15, 0.2) is 136 Å². The molecule has 0 saturated carbocycles. The number of carbonyl (C=O) groups excluding carboxylic acids is 2. The molecule has 23 heteroatoms. The van der Waals surface area contributed by atoms with E-state index < -0.39 is 31.8 Å². The molecule has 0 radical (unpaired) electrons. The number of halogens is 3. The first-order valence-corrected chi connectivity index (χ1v) is 32.9. The van der Waals surface area contributed by atoms with E-state index in [-0.39, 0.29) is 46.2 Å². The van der Waals surface area contributed by atoms with Gasteiger partial charge in [0, 0.05) is 115 Å². The van der Waals surface area contributed by atoms with Crippen molar-refractivity contribution in [2.45, 2.75) is 45.7 Å². The second kappa shape index (κ2) is 21.9. The third kappa shape index (κ3) is 9.96. The summed E-state index contributed by atoms with van der Waals surface area (Å²) in [6.45, 7) is 4.77. The molecule has 1 atom stereocenters. The van der Waals surface area contributed by atoms with E-state index >= 15 is 0 Å². The Morgan fingerprint density at radius 2 is 1.25 bits per heavy atom. The van der Waals surface area contributed by atoms with Gasteiger partial charge in [-0.3, -0.25) is 23.2 Å². The summed E-state index contributed by atoms with van der Waals surface area (Å²) in [4.78, 5) is 41.5.